The number of hydrogen-bond donors (Lipinski definition) is 3. The maximum Gasteiger partial charge on any atom is 0.238 e. The van der Waals surface area contributed by atoms with Crippen LogP contribution in [0.5, 0.6) is 0 Å². The quantitative estimate of drug-likeness (QED) is 0.807. The number of hydrogen-bond acceptors (Lipinski definition) is 4. The van der Waals surface area contributed by atoms with Crippen molar-refractivity contribution >= 4 is 28.7 Å². The van der Waals surface area contributed by atoms with Gasteiger partial charge >= 0.3 is 0 Å². The number of aromatic nitrogens is 2. The number of nitrogens with zero attached hydrogens (tertiary/aromatic N) is 1. The van der Waals surface area contributed by atoms with Crippen molar-refractivity contribution in [3.8, 4) is 0 Å². The molecule has 1 aliphatic heterocycles. The predicted octanol–water partition coefficient (Wildman–Crippen LogP) is 1.96. The van der Waals surface area contributed by atoms with Crippen molar-refractivity contribution in [3.63, 3.8) is 0 Å². The minimum atomic E-state index is -0.0570. The molecule has 1 fully saturated rings. The average molecular weight is 304 g/mol. The highest BCUT2D eigenvalue weighted by atomic mass is 32.2. The lowest BCUT2D eigenvalue weighted by atomic mass is 10.2. The number of benzene rings is 1. The summed E-state index contributed by atoms with van der Waals surface area (Å²) in [5, 5.41) is 6.16. The zero-order valence-corrected chi connectivity index (χ0v) is 13.1. The van der Waals surface area contributed by atoms with Crippen molar-refractivity contribution < 1.29 is 4.79 Å². The van der Waals surface area contributed by atoms with Crippen LogP contribution in [0.4, 0.5) is 0 Å². The van der Waals surface area contributed by atoms with E-state index in [9.17, 15) is 4.79 Å². The van der Waals surface area contributed by atoms with Crippen LogP contribution < -0.4 is 10.6 Å². The minimum Gasteiger partial charge on any atom is -0.351 e. The topological polar surface area (TPSA) is 69.8 Å². The molecule has 112 valence electrons. The Morgan fingerprint density at radius 3 is 3.10 bits per heavy atom. The van der Waals surface area contributed by atoms with Gasteiger partial charge in [-0.25, -0.2) is 4.98 Å². The van der Waals surface area contributed by atoms with Crippen LogP contribution in [0.2, 0.25) is 0 Å². The number of nitrogens with one attached hydrogen (secondary N) is 3. The zero-order valence-electron chi connectivity index (χ0n) is 12.3. The van der Waals surface area contributed by atoms with Gasteiger partial charge in [0.15, 0.2) is 0 Å². The van der Waals surface area contributed by atoms with E-state index in [0.717, 1.165) is 34.1 Å². The van der Waals surface area contributed by atoms with Gasteiger partial charge in [0, 0.05) is 24.1 Å². The Labute approximate surface area is 128 Å². The van der Waals surface area contributed by atoms with Gasteiger partial charge < -0.3 is 10.3 Å². The fourth-order valence-corrected chi connectivity index (χ4v) is 3.28. The Balaban J connectivity index is 1.67. The molecule has 0 aliphatic carbocycles. The van der Waals surface area contributed by atoms with Crippen LogP contribution in [-0.4, -0.2) is 33.5 Å². The lowest BCUT2D eigenvalue weighted by molar-refractivity contribution is -0.122. The summed E-state index contributed by atoms with van der Waals surface area (Å²) < 4.78 is 0. The van der Waals surface area contributed by atoms with Crippen LogP contribution in [0.15, 0.2) is 18.2 Å². The molecule has 1 aliphatic rings. The van der Waals surface area contributed by atoms with Crippen molar-refractivity contribution in [2.75, 3.05) is 11.6 Å². The summed E-state index contributed by atoms with van der Waals surface area (Å²) in [6, 6.07) is 6.02. The number of imidazole rings is 1. The molecule has 21 heavy (non-hydrogen) atoms. The molecule has 1 aromatic carbocycles. The van der Waals surface area contributed by atoms with Crippen molar-refractivity contribution in [1.29, 1.82) is 0 Å². The molecule has 1 saturated heterocycles. The van der Waals surface area contributed by atoms with Crippen molar-refractivity contribution in [1.82, 2.24) is 20.6 Å². The number of carbonyl (C=O) groups excluding carboxylic acids is 1. The molecule has 0 radical (unpaired) electrons. The smallest absolute Gasteiger partial charge is 0.238 e. The Bertz CT molecular complexity index is 646. The number of aromatic amines is 1. The highest BCUT2D eigenvalue weighted by molar-refractivity contribution is 7.99. The molecule has 0 bridgehead atoms. The van der Waals surface area contributed by atoms with Gasteiger partial charge in [-0.2, -0.15) is 0 Å². The van der Waals surface area contributed by atoms with Gasteiger partial charge in [0.2, 0.25) is 5.91 Å². The van der Waals surface area contributed by atoms with Gasteiger partial charge in [-0.05, 0) is 17.7 Å². The highest BCUT2D eigenvalue weighted by Crippen LogP contribution is 2.18. The number of carbonyl (C=O) groups is 1. The van der Waals surface area contributed by atoms with Crippen molar-refractivity contribution in [2.24, 2.45) is 0 Å². The standard InChI is InChI=1S/C15H20N4OS/c1-9(2)14-18-11-4-3-10(5-12(11)19-14)6-16-15(20)13-7-21-8-17-13/h3-5,9,13,17H,6-8H2,1-2H3,(H,16,20)(H,18,19). The van der Waals surface area contributed by atoms with Crippen molar-refractivity contribution in [3.05, 3.63) is 29.6 Å². The molecule has 2 heterocycles. The van der Waals surface area contributed by atoms with Gasteiger partial charge in [-0.3, -0.25) is 10.1 Å². The summed E-state index contributed by atoms with van der Waals surface area (Å²) in [5.41, 5.74) is 3.09. The van der Waals surface area contributed by atoms with Crippen LogP contribution >= 0.6 is 11.8 Å². The first-order valence-electron chi connectivity index (χ1n) is 7.21. The Morgan fingerprint density at radius 1 is 1.52 bits per heavy atom. The minimum absolute atomic E-state index is 0.0570. The zero-order chi connectivity index (χ0) is 14.8. The predicted molar refractivity (Wildman–Crippen MR) is 86.3 cm³/mol. The van der Waals surface area contributed by atoms with E-state index in [1.165, 1.54) is 0 Å². The lowest BCUT2D eigenvalue weighted by Crippen LogP contribution is -2.41. The molecule has 6 heteroatoms. The number of amides is 1. The third-order valence-corrected chi connectivity index (χ3v) is 4.55. The summed E-state index contributed by atoms with van der Waals surface area (Å²) in [6.07, 6.45) is 0. The molecule has 3 N–H and O–H groups in total. The summed E-state index contributed by atoms with van der Waals surface area (Å²) in [4.78, 5) is 19.9. The molecule has 5 nitrogen and oxygen atoms in total. The van der Waals surface area contributed by atoms with Crippen LogP contribution in [0.25, 0.3) is 11.0 Å². The van der Waals surface area contributed by atoms with Crippen LogP contribution in [0.1, 0.15) is 31.2 Å². The maximum atomic E-state index is 12.0. The first-order chi connectivity index (χ1) is 10.1. The first kappa shape index (κ1) is 14.4. The van der Waals surface area contributed by atoms with E-state index < -0.39 is 0 Å². The van der Waals surface area contributed by atoms with E-state index in [0.29, 0.717) is 12.5 Å². The fourth-order valence-electron chi connectivity index (χ4n) is 2.34. The number of rotatable bonds is 4. The monoisotopic (exact) mass is 304 g/mol. The van der Waals surface area contributed by atoms with E-state index in [4.69, 9.17) is 0 Å². The number of thioether (sulfide) groups is 1. The summed E-state index contributed by atoms with van der Waals surface area (Å²) in [7, 11) is 0. The molecule has 0 saturated carbocycles. The Morgan fingerprint density at radius 2 is 2.38 bits per heavy atom. The maximum absolute atomic E-state index is 12.0. The largest absolute Gasteiger partial charge is 0.351 e. The van der Waals surface area contributed by atoms with Gasteiger partial charge in [0.25, 0.3) is 0 Å². The number of fused-ring (bicyclic) bond motifs is 1. The summed E-state index contributed by atoms with van der Waals surface area (Å²) in [5.74, 6) is 3.16. The molecule has 1 atom stereocenters. The molecule has 1 aromatic heterocycles. The highest BCUT2D eigenvalue weighted by Gasteiger charge is 2.21. The average Bonchev–Trinajstić information content (AvgIpc) is 3.13. The summed E-state index contributed by atoms with van der Waals surface area (Å²) >= 11 is 1.75. The van der Waals surface area contributed by atoms with Gasteiger partial charge in [-0.15, -0.1) is 11.8 Å². The third-order valence-electron chi connectivity index (χ3n) is 3.61. The van der Waals surface area contributed by atoms with Gasteiger partial charge in [0.1, 0.15) is 5.82 Å². The Hall–Kier alpha value is -1.53. The van der Waals surface area contributed by atoms with Crippen LogP contribution in [0, 0.1) is 0 Å². The second-order valence-electron chi connectivity index (χ2n) is 5.62. The first-order valence-corrected chi connectivity index (χ1v) is 8.36. The SMILES string of the molecule is CC(C)c1nc2ccc(CNC(=O)C3CSCN3)cc2[nH]1. The molecule has 0 spiro atoms. The Kier molecular flexibility index (Phi) is 4.17. The van der Waals surface area contributed by atoms with Crippen LogP contribution in [0.3, 0.4) is 0 Å². The summed E-state index contributed by atoms with van der Waals surface area (Å²) in [6.45, 7) is 4.78. The molecule has 3 rings (SSSR count). The van der Waals surface area contributed by atoms with Gasteiger partial charge in [0.05, 0.1) is 17.1 Å². The third kappa shape index (κ3) is 3.22. The molecular formula is C15H20N4OS. The van der Waals surface area contributed by atoms with E-state index in [-0.39, 0.29) is 11.9 Å². The molecule has 2 aromatic rings. The normalized spacial score (nSPS) is 18.5. The van der Waals surface area contributed by atoms with E-state index >= 15 is 0 Å². The number of H-pyrrole nitrogens is 1. The van der Waals surface area contributed by atoms with Crippen LogP contribution in [-0.2, 0) is 11.3 Å². The van der Waals surface area contributed by atoms with E-state index in [1.54, 1.807) is 11.8 Å². The molecule has 1 amide bonds. The second-order valence-corrected chi connectivity index (χ2v) is 6.65. The molecule has 1 unspecified atom stereocenters. The van der Waals surface area contributed by atoms with E-state index in [2.05, 4.69) is 40.5 Å². The van der Waals surface area contributed by atoms with Crippen molar-refractivity contribution in [2.45, 2.75) is 32.4 Å². The van der Waals surface area contributed by atoms with Gasteiger partial charge in [-0.1, -0.05) is 19.9 Å². The fraction of sp³-hybridized carbons (Fsp3) is 0.467. The lowest BCUT2D eigenvalue weighted by Gasteiger charge is -2.10. The molecular weight excluding hydrogens is 284 g/mol. The second kappa shape index (κ2) is 6.07. The van der Waals surface area contributed by atoms with E-state index in [1.807, 2.05) is 12.1 Å².